The molecule has 6 heteroatoms. The van der Waals surface area contributed by atoms with Crippen molar-refractivity contribution in [1.82, 2.24) is 9.47 Å². The van der Waals surface area contributed by atoms with E-state index in [0.717, 1.165) is 37.8 Å². The first-order valence-electron chi connectivity index (χ1n) is 9.33. The van der Waals surface area contributed by atoms with Crippen molar-refractivity contribution >= 4 is 5.91 Å². The smallest absolute Gasteiger partial charge is 0.258 e. The number of nitriles is 1. The van der Waals surface area contributed by atoms with E-state index < -0.39 is 5.60 Å². The molecule has 4 rings (SSSR count). The first-order valence-corrected chi connectivity index (χ1v) is 9.33. The maximum absolute atomic E-state index is 13.6. The van der Waals surface area contributed by atoms with E-state index in [-0.39, 0.29) is 18.1 Å². The molecule has 4 heterocycles. The van der Waals surface area contributed by atoms with Gasteiger partial charge in [0.25, 0.3) is 5.91 Å². The van der Waals surface area contributed by atoms with Crippen molar-refractivity contribution in [1.29, 1.82) is 5.26 Å². The number of ether oxygens (including phenoxy) is 2. The molecule has 3 aliphatic heterocycles. The van der Waals surface area contributed by atoms with Gasteiger partial charge >= 0.3 is 0 Å². The van der Waals surface area contributed by atoms with Crippen LogP contribution in [-0.4, -0.2) is 46.8 Å². The predicted octanol–water partition coefficient (Wildman–Crippen LogP) is 2.38. The van der Waals surface area contributed by atoms with Gasteiger partial charge in [0, 0.05) is 32.0 Å². The van der Waals surface area contributed by atoms with Crippen molar-refractivity contribution in [2.75, 3.05) is 19.8 Å². The molecule has 0 aromatic carbocycles. The van der Waals surface area contributed by atoms with Crippen molar-refractivity contribution in [3.05, 3.63) is 23.5 Å². The maximum atomic E-state index is 13.6. The van der Waals surface area contributed by atoms with Crippen molar-refractivity contribution in [2.45, 2.75) is 63.3 Å². The minimum Gasteiger partial charge on any atom is -0.375 e. The second-order valence-electron chi connectivity index (χ2n) is 7.28. The van der Waals surface area contributed by atoms with Crippen LogP contribution in [0.4, 0.5) is 0 Å². The summed E-state index contributed by atoms with van der Waals surface area (Å²) in [4.78, 5) is 15.5. The average Bonchev–Trinajstić information content (AvgIpc) is 3.30. The molecule has 134 valence electrons. The van der Waals surface area contributed by atoms with Gasteiger partial charge in [0.1, 0.15) is 11.8 Å². The van der Waals surface area contributed by atoms with E-state index in [0.29, 0.717) is 32.0 Å². The highest BCUT2D eigenvalue weighted by molar-refractivity contribution is 5.87. The minimum atomic E-state index is -0.818. The molecule has 25 heavy (non-hydrogen) atoms. The van der Waals surface area contributed by atoms with Crippen LogP contribution in [0.5, 0.6) is 0 Å². The fourth-order valence-electron chi connectivity index (χ4n) is 4.61. The largest absolute Gasteiger partial charge is 0.375 e. The fourth-order valence-corrected chi connectivity index (χ4v) is 4.61. The Kier molecular flexibility index (Phi) is 4.30. The molecule has 2 fully saturated rings. The summed E-state index contributed by atoms with van der Waals surface area (Å²) in [5, 5.41) is 9.24. The van der Waals surface area contributed by atoms with Crippen molar-refractivity contribution in [3.63, 3.8) is 0 Å². The molecule has 0 radical (unpaired) electrons. The molecule has 1 aromatic heterocycles. The molecule has 0 N–H and O–H groups in total. The molecule has 1 aromatic rings. The van der Waals surface area contributed by atoms with E-state index in [1.807, 2.05) is 28.5 Å². The van der Waals surface area contributed by atoms with Crippen LogP contribution in [0.2, 0.25) is 0 Å². The number of carbonyl (C=O) groups is 1. The van der Waals surface area contributed by atoms with Gasteiger partial charge in [0.2, 0.25) is 0 Å². The Hall–Kier alpha value is -1.84. The number of rotatable bonds is 2. The van der Waals surface area contributed by atoms with Crippen LogP contribution in [0.3, 0.4) is 0 Å². The Labute approximate surface area is 148 Å². The molecule has 6 nitrogen and oxygen atoms in total. The minimum absolute atomic E-state index is 0.0620. The Balaban J connectivity index is 1.62. The zero-order valence-electron chi connectivity index (χ0n) is 14.7. The number of carbonyl (C=O) groups excluding carboxylic acids is 1. The summed E-state index contributed by atoms with van der Waals surface area (Å²) in [7, 11) is 0. The summed E-state index contributed by atoms with van der Waals surface area (Å²) in [5.74, 6) is 0.0651. The second-order valence-corrected chi connectivity index (χ2v) is 7.28. The third kappa shape index (κ3) is 2.57. The van der Waals surface area contributed by atoms with Gasteiger partial charge < -0.3 is 18.9 Å². The molecular formula is C19H25N3O3. The standard InChI is InChI=1S/C19H25N3O3/c1-14-16-7-6-15(13-20)22(16)10-9-21(14)18(23)19(8-4-12-25-19)17-5-2-3-11-24-17/h6-7,14,17H,2-5,8-12H2,1H3. The third-order valence-electron chi connectivity index (χ3n) is 5.96. The van der Waals surface area contributed by atoms with Gasteiger partial charge in [-0.15, -0.1) is 0 Å². The van der Waals surface area contributed by atoms with Gasteiger partial charge in [-0.3, -0.25) is 4.79 Å². The van der Waals surface area contributed by atoms with Crippen LogP contribution in [0.1, 0.15) is 56.5 Å². The van der Waals surface area contributed by atoms with Crippen LogP contribution >= 0.6 is 0 Å². The first kappa shape index (κ1) is 16.6. The zero-order valence-corrected chi connectivity index (χ0v) is 14.7. The fraction of sp³-hybridized carbons (Fsp3) is 0.684. The van der Waals surface area contributed by atoms with Crippen LogP contribution in [0.25, 0.3) is 0 Å². The lowest BCUT2D eigenvalue weighted by Gasteiger charge is -2.44. The molecular weight excluding hydrogens is 318 g/mol. The van der Waals surface area contributed by atoms with Crippen LogP contribution in [0, 0.1) is 11.3 Å². The zero-order chi connectivity index (χ0) is 17.4. The van der Waals surface area contributed by atoms with E-state index in [1.54, 1.807) is 0 Å². The summed E-state index contributed by atoms with van der Waals surface area (Å²) in [5.41, 5.74) is 0.867. The van der Waals surface area contributed by atoms with E-state index >= 15 is 0 Å². The summed E-state index contributed by atoms with van der Waals surface area (Å²) in [6.45, 7) is 4.64. The van der Waals surface area contributed by atoms with E-state index in [2.05, 4.69) is 6.07 Å². The van der Waals surface area contributed by atoms with Crippen LogP contribution in [0.15, 0.2) is 12.1 Å². The predicted molar refractivity (Wildman–Crippen MR) is 90.8 cm³/mol. The third-order valence-corrected chi connectivity index (χ3v) is 5.96. The first-order chi connectivity index (χ1) is 12.2. The van der Waals surface area contributed by atoms with Gasteiger partial charge in [-0.25, -0.2) is 0 Å². The molecule has 3 unspecified atom stereocenters. The van der Waals surface area contributed by atoms with Gasteiger partial charge in [0.05, 0.1) is 12.1 Å². The Morgan fingerprint density at radius 3 is 2.84 bits per heavy atom. The van der Waals surface area contributed by atoms with Gasteiger partial charge in [-0.05, 0) is 51.2 Å². The van der Waals surface area contributed by atoms with Crippen LogP contribution < -0.4 is 0 Å². The molecule has 0 saturated carbocycles. The van der Waals surface area contributed by atoms with E-state index in [4.69, 9.17) is 9.47 Å². The van der Waals surface area contributed by atoms with Crippen molar-refractivity contribution < 1.29 is 14.3 Å². The lowest BCUT2D eigenvalue weighted by Crippen LogP contribution is -2.59. The maximum Gasteiger partial charge on any atom is 0.258 e. The SMILES string of the molecule is CC1c2ccc(C#N)n2CCN1C(=O)C1(C2CCCCO2)CCCO1. The van der Waals surface area contributed by atoms with Gasteiger partial charge in [-0.2, -0.15) is 5.26 Å². The lowest BCUT2D eigenvalue weighted by molar-refractivity contribution is -0.181. The summed E-state index contributed by atoms with van der Waals surface area (Å²) >= 11 is 0. The Morgan fingerprint density at radius 2 is 2.16 bits per heavy atom. The molecule has 3 aliphatic rings. The highest BCUT2D eigenvalue weighted by atomic mass is 16.6. The molecule has 3 atom stereocenters. The van der Waals surface area contributed by atoms with Gasteiger partial charge in [0.15, 0.2) is 5.60 Å². The van der Waals surface area contributed by atoms with Crippen molar-refractivity contribution in [3.8, 4) is 6.07 Å². The lowest BCUT2D eigenvalue weighted by atomic mass is 9.86. The monoisotopic (exact) mass is 343 g/mol. The molecule has 0 aliphatic carbocycles. The Bertz CT molecular complexity index is 693. The number of nitrogens with zero attached hydrogens (tertiary/aromatic N) is 3. The summed E-state index contributed by atoms with van der Waals surface area (Å²) in [6, 6.07) is 5.97. The quantitative estimate of drug-likeness (QED) is 0.827. The molecule has 0 bridgehead atoms. The van der Waals surface area contributed by atoms with E-state index in [9.17, 15) is 10.1 Å². The average molecular weight is 343 g/mol. The van der Waals surface area contributed by atoms with Gasteiger partial charge in [-0.1, -0.05) is 0 Å². The molecule has 0 spiro atoms. The van der Waals surface area contributed by atoms with E-state index in [1.165, 1.54) is 0 Å². The second kappa shape index (κ2) is 6.47. The van der Waals surface area contributed by atoms with Crippen LogP contribution in [-0.2, 0) is 20.8 Å². The summed E-state index contributed by atoms with van der Waals surface area (Å²) < 4.78 is 14.1. The molecule has 2 saturated heterocycles. The normalized spacial score (nSPS) is 32.2. The number of amides is 1. The highest BCUT2D eigenvalue weighted by Gasteiger charge is 2.53. The highest BCUT2D eigenvalue weighted by Crippen LogP contribution is 2.39. The Morgan fingerprint density at radius 1 is 1.28 bits per heavy atom. The number of fused-ring (bicyclic) bond motifs is 1. The number of hydrogen-bond acceptors (Lipinski definition) is 4. The molecule has 1 amide bonds. The topological polar surface area (TPSA) is 67.5 Å². The number of aromatic nitrogens is 1. The summed E-state index contributed by atoms with van der Waals surface area (Å²) in [6.07, 6.45) is 4.56. The number of hydrogen-bond donors (Lipinski definition) is 0. The van der Waals surface area contributed by atoms with Crippen molar-refractivity contribution in [2.24, 2.45) is 0 Å².